The summed E-state index contributed by atoms with van der Waals surface area (Å²) in [6.07, 6.45) is 0. The lowest BCUT2D eigenvalue weighted by Crippen LogP contribution is -2.14. The van der Waals surface area contributed by atoms with E-state index in [0.717, 1.165) is 11.5 Å². The van der Waals surface area contributed by atoms with Gasteiger partial charge in [-0.15, -0.1) is 0 Å². The van der Waals surface area contributed by atoms with E-state index < -0.39 is 0 Å². The fourth-order valence-electron chi connectivity index (χ4n) is 4.17. The van der Waals surface area contributed by atoms with Crippen LogP contribution in [0.15, 0.2) is 133 Å². The normalized spacial score (nSPS) is 10.4. The Balaban J connectivity index is 1.07. The lowest BCUT2D eigenvalue weighted by molar-refractivity contribution is 0.101. The van der Waals surface area contributed by atoms with Crippen LogP contribution < -0.4 is 29.6 Å². The Labute approximate surface area is 256 Å². The smallest absolute Gasteiger partial charge is 0.255 e. The number of benzene rings is 5. The Morgan fingerprint density at radius 3 is 1.14 bits per heavy atom. The second-order valence-corrected chi connectivity index (χ2v) is 9.56. The molecule has 0 bridgehead atoms. The summed E-state index contributed by atoms with van der Waals surface area (Å²) in [4.78, 5) is 25.7. The molecule has 5 aromatic rings. The van der Waals surface area contributed by atoms with Crippen LogP contribution in [0.5, 0.6) is 23.0 Å². The number of hydrogen-bond acceptors (Lipinski definition) is 6. The SMILES string of the molecule is O=C(Nc1ccc(NC(=O)c2cccc(OCCOc3ccccc3)c2)cc1)c1cccc(OCCOc2ccccc2)c1. The van der Waals surface area contributed by atoms with Crippen molar-refractivity contribution < 1.29 is 28.5 Å². The van der Waals surface area contributed by atoms with Gasteiger partial charge in [0.2, 0.25) is 0 Å². The quantitative estimate of drug-likeness (QED) is 0.134. The van der Waals surface area contributed by atoms with Gasteiger partial charge in [0.25, 0.3) is 11.8 Å². The van der Waals surface area contributed by atoms with E-state index in [1.165, 1.54) is 0 Å². The average molecular weight is 589 g/mol. The van der Waals surface area contributed by atoms with Crippen molar-refractivity contribution in [3.05, 3.63) is 145 Å². The van der Waals surface area contributed by atoms with Crippen molar-refractivity contribution in [2.45, 2.75) is 0 Å². The van der Waals surface area contributed by atoms with Crippen molar-refractivity contribution in [1.82, 2.24) is 0 Å². The Morgan fingerprint density at radius 1 is 0.409 bits per heavy atom. The number of nitrogens with one attached hydrogen (secondary N) is 2. The third kappa shape index (κ3) is 9.12. The first-order valence-electron chi connectivity index (χ1n) is 14.2. The fourth-order valence-corrected chi connectivity index (χ4v) is 4.17. The van der Waals surface area contributed by atoms with E-state index in [1.54, 1.807) is 72.8 Å². The van der Waals surface area contributed by atoms with Crippen LogP contribution in [0.2, 0.25) is 0 Å². The van der Waals surface area contributed by atoms with Crippen LogP contribution in [0, 0.1) is 0 Å². The molecule has 0 spiro atoms. The van der Waals surface area contributed by atoms with Crippen molar-refractivity contribution in [3.63, 3.8) is 0 Å². The van der Waals surface area contributed by atoms with Crippen LogP contribution in [-0.4, -0.2) is 38.2 Å². The molecule has 0 fully saturated rings. The van der Waals surface area contributed by atoms with Crippen LogP contribution in [0.4, 0.5) is 11.4 Å². The van der Waals surface area contributed by atoms with Crippen LogP contribution in [0.3, 0.4) is 0 Å². The van der Waals surface area contributed by atoms with Gasteiger partial charge in [0.1, 0.15) is 49.4 Å². The van der Waals surface area contributed by atoms with Gasteiger partial charge in [-0.2, -0.15) is 0 Å². The number of anilines is 2. The second-order valence-electron chi connectivity index (χ2n) is 9.56. The van der Waals surface area contributed by atoms with Gasteiger partial charge in [-0.25, -0.2) is 0 Å². The van der Waals surface area contributed by atoms with E-state index in [-0.39, 0.29) is 11.8 Å². The zero-order valence-corrected chi connectivity index (χ0v) is 24.0. The van der Waals surface area contributed by atoms with E-state index in [2.05, 4.69) is 10.6 Å². The molecule has 0 aliphatic carbocycles. The minimum atomic E-state index is -0.279. The van der Waals surface area contributed by atoms with Gasteiger partial charge in [0.05, 0.1) is 0 Å². The zero-order valence-electron chi connectivity index (χ0n) is 24.0. The maximum atomic E-state index is 12.8. The van der Waals surface area contributed by atoms with Crippen LogP contribution in [0.1, 0.15) is 20.7 Å². The van der Waals surface area contributed by atoms with Gasteiger partial charge < -0.3 is 29.6 Å². The van der Waals surface area contributed by atoms with Gasteiger partial charge in [-0.05, 0) is 84.9 Å². The van der Waals surface area contributed by atoms with E-state index in [9.17, 15) is 9.59 Å². The molecule has 0 aliphatic rings. The van der Waals surface area contributed by atoms with Crippen molar-refractivity contribution in [3.8, 4) is 23.0 Å². The molecule has 0 radical (unpaired) electrons. The number of carbonyl (C=O) groups excluding carboxylic acids is 2. The van der Waals surface area contributed by atoms with E-state index in [0.29, 0.717) is 60.4 Å². The number of rotatable bonds is 14. The van der Waals surface area contributed by atoms with E-state index in [4.69, 9.17) is 18.9 Å². The summed E-state index contributed by atoms with van der Waals surface area (Å²) >= 11 is 0. The van der Waals surface area contributed by atoms with E-state index >= 15 is 0 Å². The van der Waals surface area contributed by atoms with E-state index in [1.807, 2.05) is 60.7 Å². The molecule has 5 aromatic carbocycles. The maximum absolute atomic E-state index is 12.8. The Morgan fingerprint density at radius 2 is 0.750 bits per heavy atom. The van der Waals surface area contributed by atoms with Crippen molar-refractivity contribution in [2.24, 2.45) is 0 Å². The summed E-state index contributed by atoms with van der Waals surface area (Å²) in [6, 6.07) is 39.8. The number of hydrogen-bond donors (Lipinski definition) is 2. The Kier molecular flexibility index (Phi) is 10.4. The van der Waals surface area contributed by atoms with Crippen LogP contribution in [-0.2, 0) is 0 Å². The summed E-state index contributed by atoms with van der Waals surface area (Å²) in [6.45, 7) is 1.45. The van der Waals surface area contributed by atoms with Gasteiger partial charge in [0, 0.05) is 22.5 Å². The first kappa shape index (κ1) is 29.7. The third-order valence-corrected chi connectivity index (χ3v) is 6.32. The molecule has 0 saturated heterocycles. The molecular formula is C36H32N2O6. The molecule has 8 nitrogen and oxygen atoms in total. The van der Waals surface area contributed by atoms with Crippen molar-refractivity contribution in [2.75, 3.05) is 37.1 Å². The highest BCUT2D eigenvalue weighted by molar-refractivity contribution is 6.06. The molecule has 0 aliphatic heterocycles. The summed E-state index contributed by atoms with van der Waals surface area (Å²) in [5.41, 5.74) is 2.09. The van der Waals surface area contributed by atoms with Gasteiger partial charge in [-0.1, -0.05) is 48.5 Å². The highest BCUT2D eigenvalue weighted by Gasteiger charge is 2.10. The lowest BCUT2D eigenvalue weighted by atomic mass is 10.2. The fraction of sp³-hybridized carbons (Fsp3) is 0.111. The largest absolute Gasteiger partial charge is 0.490 e. The van der Waals surface area contributed by atoms with Crippen LogP contribution >= 0.6 is 0 Å². The van der Waals surface area contributed by atoms with Gasteiger partial charge in [-0.3, -0.25) is 9.59 Å². The summed E-state index contributed by atoms with van der Waals surface area (Å²) in [7, 11) is 0. The second kappa shape index (κ2) is 15.5. The molecule has 222 valence electrons. The first-order chi connectivity index (χ1) is 21.6. The molecule has 8 heteroatoms. The Bertz CT molecular complexity index is 1520. The highest BCUT2D eigenvalue weighted by atomic mass is 16.5. The predicted molar refractivity (Wildman–Crippen MR) is 170 cm³/mol. The molecular weight excluding hydrogens is 556 g/mol. The topological polar surface area (TPSA) is 95.1 Å². The van der Waals surface area contributed by atoms with Crippen molar-refractivity contribution in [1.29, 1.82) is 0 Å². The first-order valence-corrected chi connectivity index (χ1v) is 14.2. The summed E-state index contributed by atoms with van der Waals surface area (Å²) < 4.78 is 22.8. The molecule has 2 N–H and O–H groups in total. The molecule has 5 rings (SSSR count). The summed E-state index contributed by atoms with van der Waals surface area (Å²) in [5, 5.41) is 5.74. The standard InChI is InChI=1S/C36H32N2O6/c39-35(27-9-7-15-33(25-27)43-23-21-41-31-11-3-1-4-12-31)37-29-17-19-30(20-18-29)38-36(40)28-10-8-16-34(26-28)44-24-22-42-32-13-5-2-6-14-32/h1-20,25-26H,21-24H2,(H,37,39)(H,38,40). The minimum absolute atomic E-state index is 0.279. The Hall–Kier alpha value is -5.76. The number of carbonyl (C=O) groups is 2. The molecule has 2 amide bonds. The van der Waals surface area contributed by atoms with Crippen LogP contribution in [0.25, 0.3) is 0 Å². The van der Waals surface area contributed by atoms with Gasteiger partial charge in [0.15, 0.2) is 0 Å². The molecule has 0 heterocycles. The molecule has 0 atom stereocenters. The average Bonchev–Trinajstić information content (AvgIpc) is 3.07. The molecule has 44 heavy (non-hydrogen) atoms. The number of ether oxygens (including phenoxy) is 4. The molecule has 0 unspecified atom stereocenters. The maximum Gasteiger partial charge on any atom is 0.255 e. The number of amides is 2. The minimum Gasteiger partial charge on any atom is -0.490 e. The monoisotopic (exact) mass is 588 g/mol. The molecule has 0 aromatic heterocycles. The van der Waals surface area contributed by atoms with Gasteiger partial charge >= 0.3 is 0 Å². The zero-order chi connectivity index (χ0) is 30.4. The summed E-state index contributed by atoms with van der Waals surface area (Å²) in [5.74, 6) is 2.13. The van der Waals surface area contributed by atoms with Crippen molar-refractivity contribution >= 4 is 23.2 Å². The number of para-hydroxylation sites is 2. The predicted octanol–water partition coefficient (Wildman–Crippen LogP) is 7.11. The highest BCUT2D eigenvalue weighted by Crippen LogP contribution is 2.20. The third-order valence-electron chi connectivity index (χ3n) is 6.32. The lowest BCUT2D eigenvalue weighted by Gasteiger charge is -2.11. The molecule has 0 saturated carbocycles.